The molecule has 0 aromatic carbocycles. The number of carbonyl (C=O) groups is 2. The van der Waals surface area contributed by atoms with Gasteiger partial charge in [-0.2, -0.15) is 0 Å². The maximum Gasteiger partial charge on any atom is 0.306 e. The molecule has 12 heteroatoms. The highest BCUT2D eigenvalue weighted by Crippen LogP contribution is 2.21. The lowest BCUT2D eigenvalue weighted by atomic mass is 10.1. The van der Waals surface area contributed by atoms with Crippen LogP contribution in [0.4, 0.5) is 0 Å². The fourth-order valence-electron chi connectivity index (χ4n) is 8.30. The molecule has 2 unspecified atom stereocenters. The number of hydrogen-bond donors (Lipinski definition) is 0. The highest BCUT2D eigenvalue weighted by Gasteiger charge is 2.41. The van der Waals surface area contributed by atoms with Crippen molar-refractivity contribution in [3.63, 3.8) is 0 Å². The Kier molecular flexibility index (Phi) is 54.0. The molecule has 0 aromatic rings. The summed E-state index contributed by atoms with van der Waals surface area (Å²) in [7, 11) is 11.1. The highest BCUT2D eigenvalue weighted by molar-refractivity contribution is 5.70. The number of quaternary nitrogens is 2. The third kappa shape index (κ3) is 43.6. The van der Waals surface area contributed by atoms with Crippen molar-refractivity contribution in [2.24, 2.45) is 0 Å². The first-order valence-electron chi connectivity index (χ1n) is 26.4. The molecule has 66 heavy (non-hydrogen) atoms. The van der Waals surface area contributed by atoms with Crippen LogP contribution in [0.25, 0.3) is 0 Å². The molecule has 0 aromatic heterocycles. The highest BCUT2D eigenvalue weighted by atomic mass is 127. The van der Waals surface area contributed by atoms with Gasteiger partial charge >= 0.3 is 11.9 Å². The van der Waals surface area contributed by atoms with E-state index in [0.717, 1.165) is 51.4 Å². The number of allylic oxidation sites excluding steroid dienone is 4. The first kappa shape index (κ1) is 69.9. The van der Waals surface area contributed by atoms with E-state index >= 15 is 0 Å². The zero-order chi connectivity index (χ0) is 47.3. The second-order valence-electron chi connectivity index (χ2n) is 19.2. The Morgan fingerprint density at radius 1 is 0.394 bits per heavy atom. The SMILES string of the molecule is CCCCCCCCC=CCCCCCCCC(=O)OC(C[N+](C)(CCOC)CCOC)C(C[N+](C)(CCOC)CCOC)OC(=O)CCCCCCCC=CCCCCCCCC.[I-].[I-]. The van der Waals surface area contributed by atoms with Gasteiger partial charge < -0.3 is 85.3 Å². The third-order valence-electron chi connectivity index (χ3n) is 12.8. The van der Waals surface area contributed by atoms with Gasteiger partial charge in [0, 0.05) is 41.3 Å². The average Bonchev–Trinajstić information content (AvgIpc) is 3.28. The number of esters is 2. The van der Waals surface area contributed by atoms with Crippen molar-refractivity contribution in [1.82, 2.24) is 0 Å². The Bertz CT molecular complexity index is 1010. The summed E-state index contributed by atoms with van der Waals surface area (Å²) in [5, 5.41) is 0. The van der Waals surface area contributed by atoms with E-state index in [0.29, 0.717) is 87.5 Å². The number of likely N-dealkylation sites (N-methyl/N-ethyl adjacent to an activating group) is 2. The van der Waals surface area contributed by atoms with Crippen LogP contribution in [0.5, 0.6) is 0 Å². The first-order valence-corrected chi connectivity index (χ1v) is 26.4. The lowest BCUT2D eigenvalue weighted by molar-refractivity contribution is -0.920. The zero-order valence-corrected chi connectivity index (χ0v) is 48.6. The Morgan fingerprint density at radius 3 is 0.894 bits per heavy atom. The van der Waals surface area contributed by atoms with Gasteiger partial charge in [-0.15, -0.1) is 0 Å². The minimum atomic E-state index is -0.644. The van der Waals surface area contributed by atoms with E-state index in [9.17, 15) is 9.59 Å². The van der Waals surface area contributed by atoms with Crippen LogP contribution < -0.4 is 48.0 Å². The molecule has 2 atom stereocenters. The average molecular weight is 1170 g/mol. The van der Waals surface area contributed by atoms with Gasteiger partial charge in [0.1, 0.15) is 39.3 Å². The Morgan fingerprint density at radius 2 is 0.636 bits per heavy atom. The van der Waals surface area contributed by atoms with Gasteiger partial charge in [-0.1, -0.05) is 141 Å². The summed E-state index contributed by atoms with van der Waals surface area (Å²) in [4.78, 5) is 27.5. The molecule has 0 saturated heterocycles. The number of methoxy groups -OCH3 is 4. The van der Waals surface area contributed by atoms with E-state index in [2.05, 4.69) is 52.2 Å². The van der Waals surface area contributed by atoms with E-state index in [1.807, 2.05) is 0 Å². The molecule has 0 amide bonds. The van der Waals surface area contributed by atoms with E-state index < -0.39 is 12.2 Å². The van der Waals surface area contributed by atoms with Gasteiger partial charge in [-0.05, 0) is 64.2 Å². The van der Waals surface area contributed by atoms with Gasteiger partial charge in [0.05, 0.1) is 40.5 Å². The number of halogens is 2. The summed E-state index contributed by atoms with van der Waals surface area (Å²) in [5.41, 5.74) is 0. The Labute approximate surface area is 442 Å². The number of hydrogen-bond acceptors (Lipinski definition) is 8. The molecular formula is C54H106I2N2O8. The van der Waals surface area contributed by atoms with Gasteiger partial charge in [0.25, 0.3) is 0 Å². The number of ether oxygens (including phenoxy) is 6. The van der Waals surface area contributed by atoms with Crippen molar-refractivity contribution in [2.45, 2.75) is 206 Å². The van der Waals surface area contributed by atoms with Crippen LogP contribution in [0, 0.1) is 0 Å². The Balaban J connectivity index is -0.0000198. The minimum Gasteiger partial charge on any atom is -1.00 e. The summed E-state index contributed by atoms with van der Waals surface area (Å²) in [5.74, 6) is -0.456. The van der Waals surface area contributed by atoms with E-state index in [1.165, 1.54) is 116 Å². The van der Waals surface area contributed by atoms with Crippen molar-refractivity contribution in [1.29, 1.82) is 0 Å². The predicted octanol–water partition coefficient (Wildman–Crippen LogP) is 6.37. The molecule has 0 fully saturated rings. The Hall–Kier alpha value is -0.360. The quantitative estimate of drug-likeness (QED) is 0.0229. The summed E-state index contributed by atoms with van der Waals surface area (Å²) < 4.78 is 36.2. The van der Waals surface area contributed by atoms with E-state index in [4.69, 9.17) is 28.4 Å². The molecule has 0 aliphatic carbocycles. The van der Waals surface area contributed by atoms with Gasteiger partial charge in [0.15, 0.2) is 12.2 Å². The molecular weight excluding hydrogens is 1060 g/mol. The maximum atomic E-state index is 13.8. The molecule has 0 rings (SSSR count). The first-order chi connectivity index (χ1) is 31.1. The molecule has 394 valence electrons. The molecule has 0 saturated carbocycles. The summed E-state index contributed by atoms with van der Waals surface area (Å²) in [6, 6.07) is 0. The molecule has 0 N–H and O–H groups in total. The predicted molar refractivity (Wildman–Crippen MR) is 268 cm³/mol. The van der Waals surface area contributed by atoms with Crippen LogP contribution in [0.2, 0.25) is 0 Å². The largest absolute Gasteiger partial charge is 1.00 e. The molecule has 0 aliphatic heterocycles. The van der Waals surface area contributed by atoms with Crippen LogP contribution in [-0.2, 0) is 38.0 Å². The zero-order valence-electron chi connectivity index (χ0n) is 44.3. The van der Waals surface area contributed by atoms with Crippen LogP contribution in [-0.4, -0.2) is 141 Å². The topological polar surface area (TPSA) is 89.5 Å². The molecule has 0 heterocycles. The van der Waals surface area contributed by atoms with Crippen LogP contribution in [0.1, 0.15) is 194 Å². The lowest BCUT2D eigenvalue weighted by Gasteiger charge is -2.41. The second kappa shape index (κ2) is 51.0. The molecule has 0 radical (unpaired) electrons. The van der Waals surface area contributed by atoms with Crippen LogP contribution in [0.3, 0.4) is 0 Å². The second-order valence-corrected chi connectivity index (χ2v) is 19.2. The van der Waals surface area contributed by atoms with E-state index in [-0.39, 0.29) is 59.9 Å². The normalized spacial score (nSPS) is 12.9. The van der Waals surface area contributed by atoms with Crippen molar-refractivity contribution in [3.8, 4) is 0 Å². The molecule has 0 aliphatic rings. The summed E-state index contributed by atoms with van der Waals surface area (Å²) in [6.45, 7) is 10.5. The third-order valence-corrected chi connectivity index (χ3v) is 12.8. The van der Waals surface area contributed by atoms with Crippen molar-refractivity contribution >= 4 is 11.9 Å². The fourth-order valence-corrected chi connectivity index (χ4v) is 8.30. The van der Waals surface area contributed by atoms with Gasteiger partial charge in [-0.3, -0.25) is 9.59 Å². The standard InChI is InChI=1S/C54H106N2O8.2HI/c1-9-11-13-15-17-19-21-23-25-27-29-31-33-35-37-39-53(57)63-51(49-55(3,41-45-59-5)42-46-60-6)52(50-56(4,43-47-61-7)44-48-62-8)64-54(58)40-38-36-34-32-30-28-26-24-22-20-18-16-14-12-10-2;;/h23-26,51-52H,9-22,27-50H2,1-8H3;2*1H/q+2;;/p-2. The van der Waals surface area contributed by atoms with E-state index in [1.54, 1.807) is 28.4 Å². The fraction of sp³-hybridized carbons (Fsp3) is 0.889. The van der Waals surface area contributed by atoms with Gasteiger partial charge in [0.2, 0.25) is 0 Å². The number of carbonyl (C=O) groups excluding carboxylic acids is 2. The summed E-state index contributed by atoms with van der Waals surface area (Å²) in [6.07, 6.45) is 40.1. The molecule has 10 nitrogen and oxygen atoms in total. The maximum absolute atomic E-state index is 13.8. The summed E-state index contributed by atoms with van der Waals surface area (Å²) >= 11 is 0. The smallest absolute Gasteiger partial charge is 0.306 e. The lowest BCUT2D eigenvalue weighted by Crippen LogP contribution is -3.00. The van der Waals surface area contributed by atoms with Crippen molar-refractivity contribution < 1.29 is 94.9 Å². The van der Waals surface area contributed by atoms with Crippen molar-refractivity contribution in [2.75, 3.05) is 108 Å². The minimum absolute atomic E-state index is 0. The number of unbranched alkanes of at least 4 members (excludes halogenated alkanes) is 22. The molecule has 0 bridgehead atoms. The number of nitrogens with zero attached hydrogens (tertiary/aromatic N) is 2. The number of rotatable bonds is 49. The van der Waals surface area contributed by atoms with Gasteiger partial charge in [-0.25, -0.2) is 0 Å². The van der Waals surface area contributed by atoms with Crippen molar-refractivity contribution in [3.05, 3.63) is 24.3 Å². The van der Waals surface area contributed by atoms with Crippen LogP contribution >= 0.6 is 0 Å². The monoisotopic (exact) mass is 1160 g/mol. The molecule has 0 spiro atoms. The van der Waals surface area contributed by atoms with Crippen LogP contribution in [0.15, 0.2) is 24.3 Å².